The summed E-state index contributed by atoms with van der Waals surface area (Å²) in [4.78, 5) is 14.7. The van der Waals surface area contributed by atoms with Crippen LogP contribution < -0.4 is 5.32 Å². The van der Waals surface area contributed by atoms with Crippen LogP contribution in [0.25, 0.3) is 0 Å². The average molecular weight is 375 g/mol. The molecule has 3 heterocycles. The number of nitrogens with one attached hydrogen (secondary N) is 1. The van der Waals surface area contributed by atoms with Gasteiger partial charge in [0.1, 0.15) is 5.01 Å². The van der Waals surface area contributed by atoms with E-state index in [1.807, 2.05) is 16.9 Å². The third-order valence-corrected chi connectivity index (χ3v) is 6.45. The summed E-state index contributed by atoms with van der Waals surface area (Å²) in [5, 5.41) is 17.5. The molecule has 0 aromatic carbocycles. The summed E-state index contributed by atoms with van der Waals surface area (Å²) >= 11 is 1.54. The van der Waals surface area contributed by atoms with Gasteiger partial charge >= 0.3 is 0 Å². The fraction of sp³-hybridized carbons (Fsp3) is 0.667. The molecule has 8 heteroatoms. The van der Waals surface area contributed by atoms with Gasteiger partial charge < -0.3 is 0 Å². The number of carbonyl (C=O) groups is 1. The molecule has 26 heavy (non-hydrogen) atoms. The molecule has 4 rings (SSSR count). The van der Waals surface area contributed by atoms with Gasteiger partial charge in [0.25, 0.3) is 0 Å². The predicted molar refractivity (Wildman–Crippen MR) is 101 cm³/mol. The molecule has 2 aromatic rings. The third kappa shape index (κ3) is 4.29. The first-order valence-corrected chi connectivity index (χ1v) is 10.4. The number of carbonyl (C=O) groups excluding carboxylic acids is 1. The Kier molecular flexibility index (Phi) is 5.59. The van der Waals surface area contributed by atoms with Gasteiger partial charge in [-0.2, -0.15) is 5.10 Å². The van der Waals surface area contributed by atoms with Gasteiger partial charge in [0.2, 0.25) is 11.0 Å². The van der Waals surface area contributed by atoms with Crippen LogP contribution in [-0.4, -0.2) is 49.9 Å². The molecule has 2 fully saturated rings. The Bertz CT molecular complexity index is 709. The zero-order valence-corrected chi connectivity index (χ0v) is 15.8. The van der Waals surface area contributed by atoms with Crippen LogP contribution in [0.15, 0.2) is 18.5 Å². The summed E-state index contributed by atoms with van der Waals surface area (Å²) in [7, 11) is 0. The van der Waals surface area contributed by atoms with E-state index in [1.54, 1.807) is 17.5 Å². The van der Waals surface area contributed by atoms with Crippen molar-refractivity contribution in [1.29, 1.82) is 0 Å². The molecular formula is C18H26N6OS. The molecular weight excluding hydrogens is 348 g/mol. The Balaban J connectivity index is 1.30. The minimum Gasteiger partial charge on any atom is -0.299 e. The number of hydrogen-bond acceptors (Lipinski definition) is 6. The van der Waals surface area contributed by atoms with Gasteiger partial charge in [-0.05, 0) is 38.3 Å². The normalized spacial score (nSPS) is 21.9. The highest BCUT2D eigenvalue weighted by Gasteiger charge is 2.27. The van der Waals surface area contributed by atoms with E-state index in [0.29, 0.717) is 23.6 Å². The van der Waals surface area contributed by atoms with Crippen LogP contribution in [-0.2, 0) is 11.3 Å². The van der Waals surface area contributed by atoms with Gasteiger partial charge in [-0.3, -0.25) is 19.7 Å². The molecule has 1 aliphatic carbocycles. The first-order chi connectivity index (χ1) is 12.8. The summed E-state index contributed by atoms with van der Waals surface area (Å²) in [6, 6.07) is 2.30. The van der Waals surface area contributed by atoms with Gasteiger partial charge in [0.05, 0.1) is 13.1 Å². The van der Waals surface area contributed by atoms with Crippen LogP contribution in [0.3, 0.4) is 0 Å². The molecule has 7 nitrogen and oxygen atoms in total. The Hall–Kier alpha value is -1.80. The monoisotopic (exact) mass is 374 g/mol. The van der Waals surface area contributed by atoms with Gasteiger partial charge in [-0.25, -0.2) is 0 Å². The highest BCUT2D eigenvalue weighted by Crippen LogP contribution is 2.35. The Labute approximate surface area is 157 Å². The molecule has 2 aliphatic rings. The quantitative estimate of drug-likeness (QED) is 0.841. The van der Waals surface area contributed by atoms with Gasteiger partial charge in [0, 0.05) is 24.4 Å². The maximum atomic E-state index is 12.5. The molecule has 1 aliphatic heterocycles. The summed E-state index contributed by atoms with van der Waals surface area (Å²) in [5.41, 5.74) is 0. The first-order valence-electron chi connectivity index (χ1n) is 9.62. The lowest BCUT2D eigenvalue weighted by Crippen LogP contribution is -2.39. The number of aromatic nitrogens is 4. The smallest absolute Gasteiger partial charge is 0.240 e. The van der Waals surface area contributed by atoms with E-state index in [4.69, 9.17) is 0 Å². The van der Waals surface area contributed by atoms with Crippen LogP contribution in [0.4, 0.5) is 5.13 Å². The summed E-state index contributed by atoms with van der Waals surface area (Å²) in [6.07, 6.45) is 12.3. The van der Waals surface area contributed by atoms with E-state index >= 15 is 0 Å². The Morgan fingerprint density at radius 2 is 2.08 bits per heavy atom. The number of anilines is 1. The molecule has 1 atom stereocenters. The number of rotatable bonds is 6. The topological polar surface area (TPSA) is 75.9 Å². The standard InChI is InChI=1S/C18H26N6OS/c25-16(13-23-10-4-8-15(23)12-24-11-5-9-19-24)20-18-22-21-17(26-18)14-6-2-1-3-7-14/h5,9,11,14-15H,1-4,6-8,10,12-13H2,(H,20,22,25)/t15-/m1/s1. The zero-order chi connectivity index (χ0) is 17.8. The molecule has 140 valence electrons. The molecule has 1 amide bonds. The maximum absolute atomic E-state index is 12.5. The summed E-state index contributed by atoms with van der Waals surface area (Å²) in [6.45, 7) is 2.21. The molecule has 1 saturated heterocycles. The van der Waals surface area contributed by atoms with Crippen molar-refractivity contribution < 1.29 is 4.79 Å². The van der Waals surface area contributed by atoms with Crippen LogP contribution in [0.5, 0.6) is 0 Å². The number of hydrogen-bond donors (Lipinski definition) is 1. The van der Waals surface area contributed by atoms with Crippen LogP contribution >= 0.6 is 11.3 Å². The molecule has 1 N–H and O–H groups in total. The minimum atomic E-state index is 0.00343. The molecule has 0 unspecified atom stereocenters. The van der Waals surface area contributed by atoms with E-state index in [-0.39, 0.29) is 5.91 Å². The van der Waals surface area contributed by atoms with Crippen molar-refractivity contribution in [3.05, 3.63) is 23.5 Å². The van der Waals surface area contributed by atoms with E-state index in [1.165, 1.54) is 32.1 Å². The van der Waals surface area contributed by atoms with Gasteiger partial charge in [-0.1, -0.05) is 30.6 Å². The minimum absolute atomic E-state index is 0.00343. The molecule has 0 radical (unpaired) electrons. The molecule has 0 bridgehead atoms. The summed E-state index contributed by atoms with van der Waals surface area (Å²) in [5.74, 6) is 0.535. The lowest BCUT2D eigenvalue weighted by molar-refractivity contribution is -0.117. The Morgan fingerprint density at radius 3 is 2.88 bits per heavy atom. The van der Waals surface area contributed by atoms with Crippen molar-refractivity contribution in [2.24, 2.45) is 0 Å². The van der Waals surface area contributed by atoms with Crippen LogP contribution in [0.1, 0.15) is 55.9 Å². The average Bonchev–Trinajstić information content (AvgIpc) is 3.40. The van der Waals surface area contributed by atoms with Crippen molar-refractivity contribution in [2.45, 2.75) is 63.5 Å². The number of nitrogens with zero attached hydrogens (tertiary/aromatic N) is 5. The predicted octanol–water partition coefficient (Wildman–Crippen LogP) is 2.89. The van der Waals surface area contributed by atoms with Crippen molar-refractivity contribution in [3.63, 3.8) is 0 Å². The second-order valence-corrected chi connectivity index (χ2v) is 8.33. The SMILES string of the molecule is O=C(CN1CCC[C@@H]1Cn1cccn1)Nc1nnc(C2CCCCC2)s1. The third-order valence-electron chi connectivity index (χ3n) is 5.44. The van der Waals surface area contributed by atoms with Gasteiger partial charge in [-0.15, -0.1) is 10.2 Å². The van der Waals surface area contributed by atoms with E-state index in [0.717, 1.165) is 30.9 Å². The highest BCUT2D eigenvalue weighted by atomic mass is 32.1. The van der Waals surface area contributed by atoms with Crippen molar-refractivity contribution >= 4 is 22.4 Å². The highest BCUT2D eigenvalue weighted by molar-refractivity contribution is 7.15. The van der Waals surface area contributed by atoms with E-state index < -0.39 is 0 Å². The van der Waals surface area contributed by atoms with E-state index in [9.17, 15) is 4.79 Å². The van der Waals surface area contributed by atoms with Crippen molar-refractivity contribution in [1.82, 2.24) is 24.9 Å². The van der Waals surface area contributed by atoms with Gasteiger partial charge in [0.15, 0.2) is 0 Å². The largest absolute Gasteiger partial charge is 0.299 e. The van der Waals surface area contributed by atoms with Crippen LogP contribution in [0, 0.1) is 0 Å². The summed E-state index contributed by atoms with van der Waals surface area (Å²) < 4.78 is 1.95. The molecule has 0 spiro atoms. The number of likely N-dealkylation sites (tertiary alicyclic amines) is 1. The number of amides is 1. The van der Waals surface area contributed by atoms with Crippen molar-refractivity contribution in [3.8, 4) is 0 Å². The second-order valence-electron chi connectivity index (χ2n) is 7.32. The lowest BCUT2D eigenvalue weighted by Gasteiger charge is -2.23. The lowest BCUT2D eigenvalue weighted by atomic mass is 9.90. The maximum Gasteiger partial charge on any atom is 0.240 e. The Morgan fingerprint density at radius 1 is 1.19 bits per heavy atom. The fourth-order valence-electron chi connectivity index (χ4n) is 4.08. The second kappa shape index (κ2) is 8.26. The molecule has 1 saturated carbocycles. The van der Waals surface area contributed by atoms with Crippen LogP contribution in [0.2, 0.25) is 0 Å². The van der Waals surface area contributed by atoms with Crippen molar-refractivity contribution in [2.75, 3.05) is 18.4 Å². The first kappa shape index (κ1) is 17.6. The fourth-order valence-corrected chi connectivity index (χ4v) is 5.01. The zero-order valence-electron chi connectivity index (χ0n) is 15.0. The molecule has 2 aromatic heterocycles. The van der Waals surface area contributed by atoms with E-state index in [2.05, 4.69) is 25.5 Å².